The lowest BCUT2D eigenvalue weighted by atomic mass is 10.2. The average Bonchev–Trinajstić information content (AvgIpc) is 2.84. The third-order valence-corrected chi connectivity index (χ3v) is 4.00. The molecule has 2 aromatic rings. The van der Waals surface area contributed by atoms with Crippen molar-refractivity contribution in [1.82, 2.24) is 4.98 Å². The van der Waals surface area contributed by atoms with E-state index >= 15 is 0 Å². The van der Waals surface area contributed by atoms with Gasteiger partial charge in [-0.3, -0.25) is 4.79 Å². The molecular formula is C16H16N4O. The smallest absolute Gasteiger partial charge is 0.227 e. The summed E-state index contributed by atoms with van der Waals surface area (Å²) in [6, 6.07) is 10.0. The van der Waals surface area contributed by atoms with Crippen molar-refractivity contribution in [3.05, 3.63) is 42.1 Å². The van der Waals surface area contributed by atoms with E-state index < -0.39 is 0 Å². The molecule has 0 unspecified atom stereocenters. The van der Waals surface area contributed by atoms with Crippen molar-refractivity contribution in [1.29, 1.82) is 0 Å². The molecule has 21 heavy (non-hydrogen) atoms. The number of anilines is 4. The van der Waals surface area contributed by atoms with Crippen LogP contribution in [0.2, 0.25) is 0 Å². The molecule has 5 nitrogen and oxygen atoms in total. The van der Waals surface area contributed by atoms with Crippen LogP contribution in [-0.4, -0.2) is 17.4 Å². The lowest BCUT2D eigenvalue weighted by molar-refractivity contribution is -0.117. The van der Waals surface area contributed by atoms with Gasteiger partial charge in [-0.15, -0.1) is 0 Å². The molecule has 0 aliphatic carbocycles. The van der Waals surface area contributed by atoms with Gasteiger partial charge in [-0.05, 0) is 30.7 Å². The van der Waals surface area contributed by atoms with E-state index in [-0.39, 0.29) is 5.91 Å². The van der Waals surface area contributed by atoms with E-state index in [9.17, 15) is 4.79 Å². The van der Waals surface area contributed by atoms with E-state index in [1.807, 2.05) is 29.2 Å². The van der Waals surface area contributed by atoms with Crippen LogP contribution in [0.3, 0.4) is 0 Å². The zero-order chi connectivity index (χ0) is 14.2. The number of rotatable bonds is 1. The summed E-state index contributed by atoms with van der Waals surface area (Å²) < 4.78 is 0. The molecule has 2 N–H and O–H groups in total. The topological polar surface area (TPSA) is 57.3 Å². The Morgan fingerprint density at radius 1 is 1.19 bits per heavy atom. The predicted octanol–water partition coefficient (Wildman–Crippen LogP) is 2.88. The van der Waals surface area contributed by atoms with Gasteiger partial charge in [0.15, 0.2) is 0 Å². The van der Waals surface area contributed by atoms with Gasteiger partial charge in [0.1, 0.15) is 5.82 Å². The second-order valence-corrected chi connectivity index (χ2v) is 5.37. The maximum absolute atomic E-state index is 11.9. The Labute approximate surface area is 123 Å². The highest BCUT2D eigenvalue weighted by atomic mass is 16.2. The Kier molecular flexibility index (Phi) is 2.77. The number of nitrogens with one attached hydrogen (secondary N) is 2. The largest absolute Gasteiger partial charge is 0.379 e. The summed E-state index contributed by atoms with van der Waals surface area (Å²) in [7, 11) is 0. The Morgan fingerprint density at radius 2 is 2.14 bits per heavy atom. The van der Waals surface area contributed by atoms with E-state index in [0.29, 0.717) is 6.42 Å². The number of nitrogens with zero attached hydrogens (tertiary/aromatic N) is 2. The lowest BCUT2D eigenvalue weighted by Crippen LogP contribution is -2.23. The van der Waals surface area contributed by atoms with E-state index in [0.717, 1.165) is 48.0 Å². The molecule has 4 rings (SSSR count). The summed E-state index contributed by atoms with van der Waals surface area (Å²) >= 11 is 0. The van der Waals surface area contributed by atoms with Gasteiger partial charge in [0.05, 0.1) is 11.4 Å². The Balaban J connectivity index is 1.69. The van der Waals surface area contributed by atoms with Crippen molar-refractivity contribution in [3.8, 4) is 0 Å². The van der Waals surface area contributed by atoms with Crippen molar-refractivity contribution in [2.75, 3.05) is 22.1 Å². The summed E-state index contributed by atoms with van der Waals surface area (Å²) in [5, 5.41) is 6.77. The fourth-order valence-electron chi connectivity index (χ4n) is 2.89. The second-order valence-electron chi connectivity index (χ2n) is 5.37. The van der Waals surface area contributed by atoms with Crippen LogP contribution in [0.1, 0.15) is 18.4 Å². The van der Waals surface area contributed by atoms with E-state index in [2.05, 4.69) is 21.7 Å². The van der Waals surface area contributed by atoms with E-state index in [4.69, 9.17) is 0 Å². The van der Waals surface area contributed by atoms with Crippen molar-refractivity contribution < 1.29 is 4.79 Å². The predicted molar refractivity (Wildman–Crippen MR) is 82.9 cm³/mol. The first-order chi connectivity index (χ1) is 10.3. The van der Waals surface area contributed by atoms with Crippen LogP contribution in [0.25, 0.3) is 0 Å². The number of hydrogen-bond donors (Lipinski definition) is 2. The molecule has 0 saturated carbocycles. The molecule has 2 aliphatic heterocycles. The van der Waals surface area contributed by atoms with Crippen molar-refractivity contribution >= 4 is 28.8 Å². The molecule has 1 amide bonds. The maximum Gasteiger partial charge on any atom is 0.227 e. The normalized spacial score (nSPS) is 16.6. The molecule has 1 aromatic heterocycles. The second kappa shape index (κ2) is 4.77. The third kappa shape index (κ3) is 2.11. The van der Waals surface area contributed by atoms with Crippen LogP contribution in [0.4, 0.5) is 22.9 Å². The van der Waals surface area contributed by atoms with Crippen LogP contribution < -0.4 is 15.5 Å². The highest BCUT2D eigenvalue weighted by Crippen LogP contribution is 2.34. The fourth-order valence-corrected chi connectivity index (χ4v) is 2.89. The summed E-state index contributed by atoms with van der Waals surface area (Å²) in [6.07, 6.45) is 3.38. The quantitative estimate of drug-likeness (QED) is 0.843. The minimum atomic E-state index is 0.210. The number of carbonyl (C=O) groups is 1. The Bertz CT molecular complexity index is 713. The van der Waals surface area contributed by atoms with Gasteiger partial charge in [0.2, 0.25) is 5.91 Å². The minimum Gasteiger partial charge on any atom is -0.379 e. The zero-order valence-electron chi connectivity index (χ0n) is 11.6. The lowest BCUT2D eigenvalue weighted by Gasteiger charge is -2.18. The van der Waals surface area contributed by atoms with Gasteiger partial charge in [-0.2, -0.15) is 0 Å². The van der Waals surface area contributed by atoms with E-state index in [1.165, 1.54) is 0 Å². The van der Waals surface area contributed by atoms with Crippen molar-refractivity contribution in [2.45, 2.75) is 19.4 Å². The molecule has 106 valence electrons. The van der Waals surface area contributed by atoms with Crippen molar-refractivity contribution in [3.63, 3.8) is 0 Å². The summed E-state index contributed by atoms with van der Waals surface area (Å²) in [5.74, 6) is 1.09. The van der Waals surface area contributed by atoms with Crippen molar-refractivity contribution in [2.24, 2.45) is 0 Å². The highest BCUT2D eigenvalue weighted by Gasteiger charge is 2.23. The molecule has 0 bridgehead atoms. The first kappa shape index (κ1) is 12.2. The molecule has 1 aromatic carbocycles. The molecule has 2 aliphatic rings. The molecule has 3 heterocycles. The number of amides is 1. The van der Waals surface area contributed by atoms with Gasteiger partial charge in [-0.25, -0.2) is 4.98 Å². The number of aromatic nitrogens is 1. The zero-order valence-corrected chi connectivity index (χ0v) is 11.6. The van der Waals surface area contributed by atoms with Crippen LogP contribution in [0, 0.1) is 0 Å². The molecule has 5 heteroatoms. The monoisotopic (exact) mass is 280 g/mol. The number of hydrogen-bond acceptors (Lipinski definition) is 4. The summed E-state index contributed by atoms with van der Waals surface area (Å²) in [4.78, 5) is 18.1. The van der Waals surface area contributed by atoms with Gasteiger partial charge in [0, 0.05) is 37.0 Å². The van der Waals surface area contributed by atoms with Gasteiger partial charge >= 0.3 is 0 Å². The Hall–Kier alpha value is -2.56. The molecule has 0 radical (unpaired) electrons. The SMILES string of the molecule is O=C1CCCN1c1ccc2c(c1)NCc1cccnc1N2. The van der Waals surface area contributed by atoms with Crippen LogP contribution in [0.5, 0.6) is 0 Å². The molecular weight excluding hydrogens is 264 g/mol. The Morgan fingerprint density at radius 3 is 3.00 bits per heavy atom. The van der Waals surface area contributed by atoms with Gasteiger partial charge < -0.3 is 15.5 Å². The fraction of sp³-hybridized carbons (Fsp3) is 0.250. The third-order valence-electron chi connectivity index (χ3n) is 4.00. The van der Waals surface area contributed by atoms with Crippen LogP contribution >= 0.6 is 0 Å². The van der Waals surface area contributed by atoms with Crippen LogP contribution in [0.15, 0.2) is 36.5 Å². The molecule has 0 spiro atoms. The first-order valence-electron chi connectivity index (χ1n) is 7.20. The highest BCUT2D eigenvalue weighted by molar-refractivity contribution is 5.96. The molecule has 1 fully saturated rings. The number of fused-ring (bicyclic) bond motifs is 2. The first-order valence-corrected chi connectivity index (χ1v) is 7.20. The number of pyridine rings is 1. The van der Waals surface area contributed by atoms with Crippen LogP contribution in [-0.2, 0) is 11.3 Å². The number of carbonyl (C=O) groups excluding carboxylic acids is 1. The maximum atomic E-state index is 11.9. The van der Waals surface area contributed by atoms with Gasteiger partial charge in [-0.1, -0.05) is 6.07 Å². The van der Waals surface area contributed by atoms with E-state index in [1.54, 1.807) is 6.20 Å². The van der Waals surface area contributed by atoms with Gasteiger partial charge in [0.25, 0.3) is 0 Å². The summed E-state index contributed by atoms with van der Waals surface area (Å²) in [5.41, 5.74) is 4.09. The standard InChI is InChI=1S/C16H16N4O/c21-15-4-2-8-20(15)12-5-6-13-14(9-12)18-10-11-3-1-7-17-16(11)19-13/h1,3,5-7,9,18H,2,4,8,10H2,(H,17,19). The molecule has 0 atom stereocenters. The minimum absolute atomic E-state index is 0.210. The molecule has 1 saturated heterocycles. The number of benzene rings is 1. The summed E-state index contributed by atoms with van der Waals surface area (Å²) in [6.45, 7) is 1.54. The average molecular weight is 280 g/mol.